The van der Waals surface area contributed by atoms with Crippen molar-refractivity contribution in [2.24, 2.45) is 0 Å². The predicted octanol–water partition coefficient (Wildman–Crippen LogP) is 10.2. The Balaban J connectivity index is 0.000000199. The third-order valence-corrected chi connectivity index (χ3v) is 11.2. The maximum Gasteiger partial charge on any atom is 0.475 e. The summed E-state index contributed by atoms with van der Waals surface area (Å²) in [6.45, 7) is 8.26. The molecule has 0 saturated heterocycles. The number of benzene rings is 2. The van der Waals surface area contributed by atoms with Gasteiger partial charge in [0.2, 0.25) is 0 Å². The standard InChI is InChI=1S/C22H23F3N4O.C19H19F3N4O2S/c1-14(2)29(13-15-12-27-19-18(15)4-3-11-26-19)20(30)28-17-7-5-16(6-8-17)21(9-10-21)22(23,24)25;1-12(2)26(11-13-10-24-17-16(13)4-3-9-23-17)18(27)25-14-5-7-15(8-6-14)29(28)19(20,21)22/h3-8,11-12,14H,9-10,13H2,1-2H3,(H,26,27)(H,28,30);3-10,12H,11H2,1-2H3,(H,23,24)(H,25,27). The number of pyridine rings is 2. The number of nitrogens with zero attached hydrogens (tertiary/aromatic N) is 4. The third-order valence-electron chi connectivity index (χ3n) is 10.0. The van der Waals surface area contributed by atoms with Crippen molar-refractivity contribution >= 4 is 56.3 Å². The van der Waals surface area contributed by atoms with Gasteiger partial charge in [-0.2, -0.15) is 26.3 Å². The van der Waals surface area contributed by atoms with E-state index in [0.717, 1.165) is 45.3 Å². The number of rotatable bonds is 10. The highest BCUT2D eigenvalue weighted by Crippen LogP contribution is 2.58. The lowest BCUT2D eigenvalue weighted by Crippen LogP contribution is -2.39. The molecule has 4 N–H and O–H groups in total. The van der Waals surface area contributed by atoms with Gasteiger partial charge in [-0.1, -0.05) is 12.1 Å². The molecule has 4 heterocycles. The molecule has 1 fully saturated rings. The van der Waals surface area contributed by atoms with Crippen LogP contribution in [0.15, 0.2) is 102 Å². The first-order chi connectivity index (χ1) is 27.9. The number of carbonyl (C=O) groups excluding carboxylic acids is 2. The van der Waals surface area contributed by atoms with Gasteiger partial charge in [-0.25, -0.2) is 23.8 Å². The quantitative estimate of drug-likeness (QED) is 0.102. The maximum absolute atomic E-state index is 13.3. The third kappa shape index (κ3) is 9.70. The van der Waals surface area contributed by atoms with Crippen LogP contribution in [0.3, 0.4) is 0 Å². The fraction of sp³-hybridized carbons (Fsp3) is 0.317. The van der Waals surface area contributed by atoms with Crippen LogP contribution in [0.5, 0.6) is 0 Å². The van der Waals surface area contributed by atoms with Crippen LogP contribution in [0.2, 0.25) is 0 Å². The fourth-order valence-electron chi connectivity index (χ4n) is 6.55. The number of halogens is 6. The molecule has 1 atom stereocenters. The average Bonchev–Trinajstić information content (AvgIpc) is 3.78. The molecule has 0 bridgehead atoms. The van der Waals surface area contributed by atoms with E-state index in [4.69, 9.17) is 0 Å². The van der Waals surface area contributed by atoms with Crippen molar-refractivity contribution in [1.82, 2.24) is 29.7 Å². The van der Waals surface area contributed by atoms with E-state index in [-0.39, 0.29) is 41.4 Å². The Kier molecular flexibility index (Phi) is 12.4. The zero-order valence-corrected chi connectivity index (χ0v) is 33.2. The van der Waals surface area contributed by atoms with E-state index >= 15 is 0 Å². The zero-order chi connectivity index (χ0) is 42.7. The molecule has 11 nitrogen and oxygen atoms in total. The summed E-state index contributed by atoms with van der Waals surface area (Å²) >= 11 is 0. The summed E-state index contributed by atoms with van der Waals surface area (Å²) in [6.07, 6.45) is 2.98. The van der Waals surface area contributed by atoms with Crippen LogP contribution in [-0.4, -0.2) is 69.8 Å². The van der Waals surface area contributed by atoms with Crippen molar-refractivity contribution in [3.05, 3.63) is 114 Å². The first kappa shape index (κ1) is 42.7. The fourth-order valence-corrected chi connectivity index (χ4v) is 7.20. The van der Waals surface area contributed by atoms with Crippen LogP contribution in [0.4, 0.5) is 47.3 Å². The van der Waals surface area contributed by atoms with E-state index in [0.29, 0.717) is 24.5 Å². The summed E-state index contributed by atoms with van der Waals surface area (Å²) in [5.74, 6) is 0. The van der Waals surface area contributed by atoms with E-state index < -0.39 is 33.9 Å². The van der Waals surface area contributed by atoms with Gasteiger partial charge in [0.25, 0.3) is 0 Å². The van der Waals surface area contributed by atoms with Gasteiger partial charge in [-0.3, -0.25) is 0 Å². The lowest BCUT2D eigenvalue weighted by atomic mass is 9.95. The van der Waals surface area contributed by atoms with E-state index in [1.165, 1.54) is 36.4 Å². The Morgan fingerprint density at radius 2 is 1.14 bits per heavy atom. The molecule has 59 heavy (non-hydrogen) atoms. The molecule has 1 aliphatic carbocycles. The molecule has 0 spiro atoms. The Morgan fingerprint density at radius 1 is 0.712 bits per heavy atom. The highest BCUT2D eigenvalue weighted by molar-refractivity contribution is 7.86. The second-order valence-corrected chi connectivity index (χ2v) is 16.1. The van der Waals surface area contributed by atoms with Gasteiger partial charge in [-0.15, -0.1) is 0 Å². The number of fused-ring (bicyclic) bond motifs is 2. The summed E-state index contributed by atoms with van der Waals surface area (Å²) in [5.41, 5.74) is -2.20. The minimum Gasteiger partial charge on any atom is -0.346 e. The van der Waals surface area contributed by atoms with Crippen LogP contribution in [0.25, 0.3) is 22.1 Å². The highest BCUT2D eigenvalue weighted by Gasteiger charge is 2.64. The Morgan fingerprint density at radius 3 is 1.51 bits per heavy atom. The van der Waals surface area contributed by atoms with Crippen molar-refractivity contribution < 1.29 is 40.1 Å². The minimum absolute atomic E-state index is 0.0779. The summed E-state index contributed by atoms with van der Waals surface area (Å²) in [6, 6.07) is 17.3. The number of H-pyrrole nitrogens is 2. The van der Waals surface area contributed by atoms with Gasteiger partial charge in [0.15, 0.2) is 10.8 Å². The summed E-state index contributed by atoms with van der Waals surface area (Å²) in [5, 5.41) is 7.33. The molecule has 18 heteroatoms. The van der Waals surface area contributed by atoms with Crippen LogP contribution in [-0.2, 0) is 29.3 Å². The molecule has 4 amide bonds. The Labute approximate surface area is 338 Å². The van der Waals surface area contributed by atoms with E-state index in [9.17, 15) is 40.1 Å². The SMILES string of the molecule is CC(C)N(Cc1c[nH]c2ncccc12)C(=O)Nc1ccc(C2(C(F)(F)F)CC2)cc1.CC(C)N(Cc1c[nH]c2ncccc12)C(=O)Nc1ccc(S(=O)C(F)(F)F)cc1. The molecule has 6 aromatic rings. The first-order valence-electron chi connectivity index (χ1n) is 18.6. The second kappa shape index (κ2) is 17.1. The summed E-state index contributed by atoms with van der Waals surface area (Å²) in [4.78, 5) is 43.2. The lowest BCUT2D eigenvalue weighted by molar-refractivity contribution is -0.160. The summed E-state index contributed by atoms with van der Waals surface area (Å²) < 4.78 is 88.9. The van der Waals surface area contributed by atoms with Crippen LogP contribution >= 0.6 is 0 Å². The van der Waals surface area contributed by atoms with E-state index in [1.807, 2.05) is 58.2 Å². The van der Waals surface area contributed by atoms with Crippen LogP contribution in [0.1, 0.15) is 57.2 Å². The number of hydrogen-bond acceptors (Lipinski definition) is 5. The maximum atomic E-state index is 13.3. The monoisotopic (exact) mass is 840 g/mol. The minimum atomic E-state index is -4.83. The zero-order valence-electron chi connectivity index (χ0n) is 32.4. The lowest BCUT2D eigenvalue weighted by Gasteiger charge is -2.27. The molecule has 0 radical (unpaired) electrons. The van der Waals surface area contributed by atoms with Crippen molar-refractivity contribution in [3.8, 4) is 0 Å². The van der Waals surface area contributed by atoms with E-state index in [1.54, 1.807) is 28.4 Å². The van der Waals surface area contributed by atoms with Gasteiger partial charge in [0.1, 0.15) is 11.3 Å². The predicted molar refractivity (Wildman–Crippen MR) is 214 cm³/mol. The highest BCUT2D eigenvalue weighted by atomic mass is 32.2. The molecule has 7 rings (SSSR count). The number of alkyl halides is 6. The molecule has 312 valence electrons. The number of amides is 4. The number of carbonyl (C=O) groups is 2. The van der Waals surface area contributed by atoms with Gasteiger partial charge in [-0.05, 0) is 118 Å². The first-order valence-corrected chi connectivity index (χ1v) is 19.8. The largest absolute Gasteiger partial charge is 0.475 e. The van der Waals surface area contributed by atoms with Gasteiger partial charge < -0.3 is 30.4 Å². The number of hydrogen-bond donors (Lipinski definition) is 4. The van der Waals surface area contributed by atoms with Crippen molar-refractivity contribution in [3.63, 3.8) is 0 Å². The number of nitrogens with one attached hydrogen (secondary N) is 4. The van der Waals surface area contributed by atoms with Gasteiger partial charge in [0.05, 0.1) is 5.41 Å². The van der Waals surface area contributed by atoms with Crippen LogP contribution in [0, 0.1) is 0 Å². The Hall–Kier alpha value is -5.91. The van der Waals surface area contributed by atoms with Crippen LogP contribution < -0.4 is 10.6 Å². The normalized spacial score (nSPS) is 14.2. The molecule has 1 aliphatic rings. The summed E-state index contributed by atoms with van der Waals surface area (Å²) in [7, 11) is -3.11. The van der Waals surface area contributed by atoms with Gasteiger partial charge in [0, 0.05) is 77.0 Å². The molecule has 2 aromatic carbocycles. The molecule has 0 aliphatic heterocycles. The Bertz CT molecular complexity index is 2420. The molecule has 4 aromatic heterocycles. The number of aromatic amines is 2. The molecular formula is C41H42F6N8O3S. The van der Waals surface area contributed by atoms with Crippen molar-refractivity contribution in [1.29, 1.82) is 0 Å². The van der Waals surface area contributed by atoms with E-state index in [2.05, 4.69) is 30.6 Å². The smallest absolute Gasteiger partial charge is 0.346 e. The number of urea groups is 2. The second-order valence-electron chi connectivity index (χ2n) is 14.6. The van der Waals surface area contributed by atoms with Crippen molar-refractivity contribution in [2.75, 3.05) is 10.6 Å². The topological polar surface area (TPSA) is 139 Å². The molecule has 1 unspecified atom stereocenters. The average molecular weight is 841 g/mol. The number of anilines is 2. The number of aromatic nitrogens is 4. The molecule has 1 saturated carbocycles. The van der Waals surface area contributed by atoms with Crippen molar-refractivity contribution in [2.45, 2.75) is 87.7 Å². The van der Waals surface area contributed by atoms with Gasteiger partial charge >= 0.3 is 23.7 Å². The molecular weight excluding hydrogens is 799 g/mol.